The van der Waals surface area contributed by atoms with Crippen LogP contribution in [0.15, 0.2) is 30.6 Å². The van der Waals surface area contributed by atoms with Crippen molar-refractivity contribution in [3.63, 3.8) is 0 Å². The molecule has 0 amide bonds. The Balaban J connectivity index is 2.12. The zero-order valence-corrected chi connectivity index (χ0v) is 10.6. The van der Waals surface area contributed by atoms with Crippen LogP contribution in [0.5, 0.6) is 0 Å². The van der Waals surface area contributed by atoms with E-state index in [1.54, 1.807) is 6.20 Å². The van der Waals surface area contributed by atoms with Gasteiger partial charge in [-0.3, -0.25) is 14.5 Å². The standard InChI is InChI=1S/C12H8FN3O2S/c1-7-5-15-6-10(14-12(15)19-7)8-2-3-9(13)11(4-8)16(17)18/h2-6H,1H3. The van der Waals surface area contributed by atoms with Crippen molar-refractivity contribution in [2.45, 2.75) is 6.92 Å². The first kappa shape index (κ1) is 11.8. The molecule has 0 N–H and O–H groups in total. The average molecular weight is 277 g/mol. The Labute approximate surface area is 111 Å². The third-order valence-electron chi connectivity index (χ3n) is 2.71. The van der Waals surface area contributed by atoms with Crippen LogP contribution in [0.2, 0.25) is 0 Å². The van der Waals surface area contributed by atoms with Crippen molar-refractivity contribution in [1.82, 2.24) is 9.38 Å². The predicted octanol–water partition coefficient (Wildman–Crippen LogP) is 3.42. The van der Waals surface area contributed by atoms with E-state index in [0.29, 0.717) is 11.3 Å². The van der Waals surface area contributed by atoms with Crippen LogP contribution in [0.4, 0.5) is 10.1 Å². The van der Waals surface area contributed by atoms with Crippen molar-refractivity contribution in [3.05, 3.63) is 51.4 Å². The molecule has 0 unspecified atom stereocenters. The molecule has 0 fully saturated rings. The van der Waals surface area contributed by atoms with Gasteiger partial charge in [0.15, 0.2) is 4.96 Å². The van der Waals surface area contributed by atoms with Gasteiger partial charge < -0.3 is 0 Å². The number of hydrogen-bond donors (Lipinski definition) is 0. The average Bonchev–Trinajstić information content (AvgIpc) is 2.86. The van der Waals surface area contributed by atoms with Crippen LogP contribution in [-0.4, -0.2) is 14.3 Å². The summed E-state index contributed by atoms with van der Waals surface area (Å²) in [5.41, 5.74) is 0.584. The molecule has 5 nitrogen and oxygen atoms in total. The predicted molar refractivity (Wildman–Crippen MR) is 69.9 cm³/mol. The Morgan fingerprint density at radius 2 is 2.21 bits per heavy atom. The van der Waals surface area contributed by atoms with Crippen LogP contribution in [0.25, 0.3) is 16.2 Å². The monoisotopic (exact) mass is 277 g/mol. The van der Waals surface area contributed by atoms with Gasteiger partial charge in [0.2, 0.25) is 5.82 Å². The van der Waals surface area contributed by atoms with E-state index < -0.39 is 16.4 Å². The molecule has 0 saturated carbocycles. The second-order valence-electron chi connectivity index (χ2n) is 4.08. The normalized spacial score (nSPS) is 11.1. The summed E-state index contributed by atoms with van der Waals surface area (Å²) in [4.78, 5) is 16.3. The molecule has 7 heteroatoms. The van der Waals surface area contributed by atoms with Gasteiger partial charge in [-0.05, 0) is 19.1 Å². The summed E-state index contributed by atoms with van der Waals surface area (Å²) in [6.45, 7) is 1.97. The molecule has 0 aliphatic carbocycles. The van der Waals surface area contributed by atoms with Crippen molar-refractivity contribution in [2.75, 3.05) is 0 Å². The first-order chi connectivity index (χ1) is 9.04. The van der Waals surface area contributed by atoms with Gasteiger partial charge >= 0.3 is 5.69 Å². The number of aryl methyl sites for hydroxylation is 1. The van der Waals surface area contributed by atoms with Gasteiger partial charge in [-0.25, -0.2) is 4.98 Å². The van der Waals surface area contributed by atoms with E-state index in [9.17, 15) is 14.5 Å². The van der Waals surface area contributed by atoms with Gasteiger partial charge in [-0.15, -0.1) is 11.3 Å². The lowest BCUT2D eigenvalue weighted by molar-refractivity contribution is -0.387. The molecule has 96 valence electrons. The second-order valence-corrected chi connectivity index (χ2v) is 5.29. The third-order valence-corrected chi connectivity index (χ3v) is 3.62. The lowest BCUT2D eigenvalue weighted by atomic mass is 10.1. The number of nitro groups is 1. The number of rotatable bonds is 2. The molecule has 3 rings (SSSR count). The Morgan fingerprint density at radius 1 is 1.42 bits per heavy atom. The lowest BCUT2D eigenvalue weighted by Crippen LogP contribution is -1.92. The molecule has 0 bridgehead atoms. The zero-order valence-electron chi connectivity index (χ0n) is 9.83. The van der Waals surface area contributed by atoms with Crippen LogP contribution in [0.1, 0.15) is 4.88 Å². The Kier molecular flexibility index (Phi) is 2.56. The maximum absolute atomic E-state index is 13.3. The van der Waals surface area contributed by atoms with Gasteiger partial charge in [0, 0.05) is 28.9 Å². The topological polar surface area (TPSA) is 60.4 Å². The molecule has 0 atom stereocenters. The molecule has 0 spiro atoms. The summed E-state index contributed by atoms with van der Waals surface area (Å²) >= 11 is 1.53. The minimum absolute atomic E-state index is 0.529. The number of nitrogens with zero attached hydrogens (tertiary/aromatic N) is 3. The van der Waals surface area contributed by atoms with Crippen molar-refractivity contribution < 1.29 is 9.31 Å². The Hall–Kier alpha value is -2.28. The summed E-state index contributed by atoms with van der Waals surface area (Å²) < 4.78 is 15.1. The van der Waals surface area contributed by atoms with Crippen molar-refractivity contribution in [2.24, 2.45) is 0 Å². The van der Waals surface area contributed by atoms with Gasteiger partial charge in [-0.1, -0.05) is 0 Å². The molecular weight excluding hydrogens is 269 g/mol. The van der Waals surface area contributed by atoms with Crippen LogP contribution in [0.3, 0.4) is 0 Å². The summed E-state index contributed by atoms with van der Waals surface area (Å²) in [5.74, 6) is -0.842. The van der Waals surface area contributed by atoms with Crippen molar-refractivity contribution in [1.29, 1.82) is 0 Å². The van der Waals surface area contributed by atoms with E-state index in [2.05, 4.69) is 4.98 Å². The number of thiazole rings is 1. The summed E-state index contributed by atoms with van der Waals surface area (Å²) in [5, 5.41) is 10.7. The first-order valence-electron chi connectivity index (χ1n) is 5.44. The smallest absolute Gasteiger partial charge is 0.297 e. The van der Waals surface area contributed by atoms with Crippen molar-refractivity contribution in [3.8, 4) is 11.3 Å². The lowest BCUT2D eigenvalue weighted by Gasteiger charge is -1.97. The van der Waals surface area contributed by atoms with E-state index in [1.165, 1.54) is 23.5 Å². The first-order valence-corrected chi connectivity index (χ1v) is 6.26. The molecule has 1 aromatic carbocycles. The van der Waals surface area contributed by atoms with Gasteiger partial charge in [0.25, 0.3) is 0 Å². The third kappa shape index (κ3) is 1.97. The van der Waals surface area contributed by atoms with Crippen LogP contribution in [0, 0.1) is 22.9 Å². The van der Waals surface area contributed by atoms with Crippen molar-refractivity contribution >= 4 is 22.0 Å². The molecule has 0 radical (unpaired) electrons. The highest BCUT2D eigenvalue weighted by molar-refractivity contribution is 7.17. The maximum atomic E-state index is 13.3. The molecule has 19 heavy (non-hydrogen) atoms. The number of nitro benzene ring substituents is 1. The number of halogens is 1. The van der Waals surface area contributed by atoms with Crippen LogP contribution < -0.4 is 0 Å². The number of imidazole rings is 1. The summed E-state index contributed by atoms with van der Waals surface area (Å²) in [6.07, 6.45) is 3.70. The quantitative estimate of drug-likeness (QED) is 0.532. The number of hydrogen-bond acceptors (Lipinski definition) is 4. The maximum Gasteiger partial charge on any atom is 0.305 e. The highest BCUT2D eigenvalue weighted by atomic mass is 32.1. The van der Waals surface area contributed by atoms with E-state index in [1.807, 2.05) is 17.5 Å². The molecule has 0 aliphatic rings. The molecule has 2 aromatic heterocycles. The van der Waals surface area contributed by atoms with Crippen LogP contribution >= 0.6 is 11.3 Å². The fourth-order valence-electron chi connectivity index (χ4n) is 1.86. The van der Waals surface area contributed by atoms with Gasteiger partial charge in [-0.2, -0.15) is 4.39 Å². The highest BCUT2D eigenvalue weighted by Gasteiger charge is 2.16. The van der Waals surface area contributed by atoms with Gasteiger partial charge in [0.05, 0.1) is 10.6 Å². The van der Waals surface area contributed by atoms with E-state index in [4.69, 9.17) is 0 Å². The van der Waals surface area contributed by atoms with Gasteiger partial charge in [0.1, 0.15) is 0 Å². The van der Waals surface area contributed by atoms with E-state index in [0.717, 1.165) is 15.9 Å². The summed E-state index contributed by atoms with van der Waals surface area (Å²) in [6, 6.07) is 3.78. The fraction of sp³-hybridized carbons (Fsp3) is 0.0833. The SMILES string of the molecule is Cc1cn2cc(-c3ccc(F)c([N+](=O)[O-])c3)nc2s1. The Morgan fingerprint density at radius 3 is 2.89 bits per heavy atom. The summed E-state index contributed by atoms with van der Waals surface area (Å²) in [7, 11) is 0. The number of aromatic nitrogens is 2. The minimum Gasteiger partial charge on any atom is -0.297 e. The second kappa shape index (κ2) is 4.13. The molecular formula is C12H8FN3O2S. The number of benzene rings is 1. The molecule has 0 aliphatic heterocycles. The largest absolute Gasteiger partial charge is 0.305 e. The minimum atomic E-state index is -0.842. The van der Waals surface area contributed by atoms with E-state index >= 15 is 0 Å². The molecule has 2 heterocycles. The highest BCUT2D eigenvalue weighted by Crippen LogP contribution is 2.27. The molecule has 3 aromatic rings. The van der Waals surface area contributed by atoms with E-state index in [-0.39, 0.29) is 0 Å². The molecule has 0 saturated heterocycles. The zero-order chi connectivity index (χ0) is 13.6. The Bertz CT molecular complexity index is 762. The number of fused-ring (bicyclic) bond motifs is 1. The fourth-order valence-corrected chi connectivity index (χ4v) is 2.67. The van der Waals surface area contributed by atoms with Crippen LogP contribution in [-0.2, 0) is 0 Å².